The largest absolute Gasteiger partial charge is 0.306 e. The van der Waals surface area contributed by atoms with Crippen LogP contribution in [0.3, 0.4) is 0 Å². The molecular weight excluding hydrogens is 380 g/mol. The fourth-order valence-corrected chi connectivity index (χ4v) is 3.20. The van der Waals surface area contributed by atoms with Crippen LogP contribution in [0, 0.1) is 10.1 Å². The summed E-state index contributed by atoms with van der Waals surface area (Å²) < 4.78 is 1.77. The van der Waals surface area contributed by atoms with Gasteiger partial charge >= 0.3 is 0 Å². The molecule has 0 fully saturated rings. The summed E-state index contributed by atoms with van der Waals surface area (Å²) in [5, 5.41) is 20.3. The Morgan fingerprint density at radius 2 is 1.87 bits per heavy atom. The molecule has 0 saturated heterocycles. The minimum Gasteiger partial charge on any atom is -0.306 e. The predicted octanol–water partition coefficient (Wildman–Crippen LogP) is 4.64. The highest BCUT2D eigenvalue weighted by atomic mass is 16.6. The van der Waals surface area contributed by atoms with Crippen molar-refractivity contribution in [3.63, 3.8) is 0 Å². The number of hydrogen-bond acceptors (Lipinski definition) is 4. The first-order chi connectivity index (χ1) is 14.6. The normalized spacial score (nSPS) is 11.1. The Hall–Kier alpha value is -4.26. The van der Waals surface area contributed by atoms with Crippen LogP contribution in [-0.4, -0.2) is 20.6 Å². The molecule has 1 N–H and O–H groups in total. The molecule has 0 spiro atoms. The molecular formula is C23H18N4O3. The summed E-state index contributed by atoms with van der Waals surface area (Å²) in [7, 11) is 0. The summed E-state index contributed by atoms with van der Waals surface area (Å²) in [5.41, 5.74) is 1.69. The number of nitrogens with one attached hydrogen (secondary N) is 1. The number of rotatable bonds is 6. The third-order valence-electron chi connectivity index (χ3n) is 4.61. The highest BCUT2D eigenvalue weighted by molar-refractivity contribution is 6.01. The Morgan fingerprint density at radius 3 is 2.73 bits per heavy atom. The van der Waals surface area contributed by atoms with Crippen LogP contribution in [0.1, 0.15) is 11.1 Å². The van der Waals surface area contributed by atoms with Gasteiger partial charge in [0.2, 0.25) is 5.91 Å². The highest BCUT2D eigenvalue weighted by Crippen LogP contribution is 2.19. The molecule has 4 aromatic rings. The van der Waals surface area contributed by atoms with E-state index in [0.717, 1.165) is 5.56 Å². The van der Waals surface area contributed by atoms with E-state index in [9.17, 15) is 14.9 Å². The standard InChI is InChI=1S/C23H18N4O3/c28-23(12-11-17-5-3-9-20(15-17)27(29)30)24-22-13-14-26(25-22)16-19-8-4-7-18-6-1-2-10-21(18)19/h1-15H,16H2,(H,24,25,28)/b12-11+. The third-order valence-corrected chi connectivity index (χ3v) is 4.61. The van der Waals surface area contributed by atoms with Crippen LogP contribution in [0.2, 0.25) is 0 Å². The molecule has 7 heteroatoms. The average Bonchev–Trinajstić information content (AvgIpc) is 3.19. The maximum atomic E-state index is 12.2. The molecule has 1 heterocycles. The number of aromatic nitrogens is 2. The molecule has 1 amide bonds. The number of nitrogens with zero attached hydrogens (tertiary/aromatic N) is 3. The molecule has 0 aliphatic rings. The number of carbonyl (C=O) groups excluding carboxylic acids is 1. The molecule has 0 aliphatic heterocycles. The van der Waals surface area contributed by atoms with Crippen LogP contribution in [0.5, 0.6) is 0 Å². The van der Waals surface area contributed by atoms with Crippen LogP contribution in [0.25, 0.3) is 16.8 Å². The van der Waals surface area contributed by atoms with Crippen molar-refractivity contribution in [1.29, 1.82) is 0 Å². The van der Waals surface area contributed by atoms with E-state index in [-0.39, 0.29) is 11.6 Å². The fourth-order valence-electron chi connectivity index (χ4n) is 3.20. The van der Waals surface area contributed by atoms with Gasteiger partial charge in [-0.1, -0.05) is 54.6 Å². The first-order valence-electron chi connectivity index (χ1n) is 9.32. The van der Waals surface area contributed by atoms with Crippen molar-refractivity contribution >= 4 is 34.3 Å². The van der Waals surface area contributed by atoms with Crippen molar-refractivity contribution in [1.82, 2.24) is 9.78 Å². The first kappa shape index (κ1) is 19.1. The summed E-state index contributed by atoms with van der Waals surface area (Å²) in [6.07, 6.45) is 4.65. The molecule has 0 radical (unpaired) electrons. The van der Waals surface area contributed by atoms with Gasteiger partial charge in [0.1, 0.15) is 0 Å². The zero-order valence-electron chi connectivity index (χ0n) is 15.9. The van der Waals surface area contributed by atoms with Crippen molar-refractivity contribution < 1.29 is 9.72 Å². The highest BCUT2D eigenvalue weighted by Gasteiger charge is 2.06. The lowest BCUT2D eigenvalue weighted by atomic mass is 10.0. The van der Waals surface area contributed by atoms with E-state index in [1.165, 1.54) is 35.1 Å². The van der Waals surface area contributed by atoms with Gasteiger partial charge in [0, 0.05) is 30.5 Å². The van der Waals surface area contributed by atoms with Crippen LogP contribution < -0.4 is 5.32 Å². The van der Waals surface area contributed by atoms with E-state index in [2.05, 4.69) is 34.7 Å². The van der Waals surface area contributed by atoms with Gasteiger partial charge in [0.15, 0.2) is 5.82 Å². The van der Waals surface area contributed by atoms with Crippen molar-refractivity contribution in [3.05, 3.63) is 106 Å². The number of hydrogen-bond donors (Lipinski definition) is 1. The average molecular weight is 398 g/mol. The van der Waals surface area contributed by atoms with Crippen molar-refractivity contribution in [2.75, 3.05) is 5.32 Å². The Bertz CT molecular complexity index is 1250. The molecule has 0 bridgehead atoms. The number of fused-ring (bicyclic) bond motifs is 1. The number of benzene rings is 3. The molecule has 7 nitrogen and oxygen atoms in total. The Labute approximate surface area is 172 Å². The second-order valence-electron chi connectivity index (χ2n) is 6.71. The molecule has 30 heavy (non-hydrogen) atoms. The zero-order valence-corrected chi connectivity index (χ0v) is 15.9. The summed E-state index contributed by atoms with van der Waals surface area (Å²) in [5.74, 6) is 0.0702. The van der Waals surface area contributed by atoms with Gasteiger partial charge in [0.25, 0.3) is 5.69 Å². The summed E-state index contributed by atoms with van der Waals surface area (Å²) in [6, 6.07) is 22.1. The summed E-state index contributed by atoms with van der Waals surface area (Å²) in [4.78, 5) is 22.5. The maximum absolute atomic E-state index is 12.2. The number of non-ortho nitro benzene ring substituents is 1. The molecule has 0 atom stereocenters. The maximum Gasteiger partial charge on any atom is 0.270 e. The fraction of sp³-hybridized carbons (Fsp3) is 0.0435. The van der Waals surface area contributed by atoms with Gasteiger partial charge in [-0.3, -0.25) is 19.6 Å². The Balaban J connectivity index is 1.42. The topological polar surface area (TPSA) is 90.1 Å². The van der Waals surface area contributed by atoms with Crippen molar-refractivity contribution in [3.8, 4) is 0 Å². The van der Waals surface area contributed by atoms with Crippen molar-refractivity contribution in [2.24, 2.45) is 0 Å². The number of amides is 1. The molecule has 4 rings (SSSR count). The van der Waals surface area contributed by atoms with E-state index in [1.54, 1.807) is 22.9 Å². The molecule has 0 saturated carbocycles. The molecule has 3 aromatic carbocycles. The van der Waals surface area contributed by atoms with Gasteiger partial charge in [-0.2, -0.15) is 5.10 Å². The second-order valence-corrected chi connectivity index (χ2v) is 6.71. The van der Waals surface area contributed by atoms with E-state index in [0.29, 0.717) is 17.9 Å². The monoisotopic (exact) mass is 398 g/mol. The summed E-state index contributed by atoms with van der Waals surface area (Å²) in [6.45, 7) is 0.584. The van der Waals surface area contributed by atoms with E-state index >= 15 is 0 Å². The first-order valence-corrected chi connectivity index (χ1v) is 9.32. The minimum atomic E-state index is -0.472. The number of nitro benzene ring substituents is 1. The van der Waals surface area contributed by atoms with E-state index in [1.807, 2.05) is 24.4 Å². The molecule has 1 aromatic heterocycles. The SMILES string of the molecule is O=C(/C=C/c1cccc([N+](=O)[O-])c1)Nc1ccn(Cc2cccc3ccccc23)n1. The molecule has 0 aliphatic carbocycles. The third kappa shape index (κ3) is 4.41. The van der Waals surface area contributed by atoms with E-state index < -0.39 is 4.92 Å². The number of anilines is 1. The zero-order chi connectivity index (χ0) is 20.9. The smallest absolute Gasteiger partial charge is 0.270 e. The number of nitro groups is 1. The number of carbonyl (C=O) groups is 1. The van der Waals surface area contributed by atoms with Gasteiger partial charge in [0.05, 0.1) is 11.5 Å². The molecule has 148 valence electrons. The second kappa shape index (κ2) is 8.40. The van der Waals surface area contributed by atoms with Crippen LogP contribution in [0.15, 0.2) is 85.1 Å². The van der Waals surface area contributed by atoms with Crippen LogP contribution >= 0.6 is 0 Å². The van der Waals surface area contributed by atoms with E-state index in [4.69, 9.17) is 0 Å². The van der Waals surface area contributed by atoms with Gasteiger partial charge in [-0.25, -0.2) is 0 Å². The Kier molecular flexibility index (Phi) is 5.34. The van der Waals surface area contributed by atoms with Gasteiger partial charge in [-0.05, 0) is 28.0 Å². The minimum absolute atomic E-state index is 0.0234. The predicted molar refractivity (Wildman–Crippen MR) is 116 cm³/mol. The molecule has 0 unspecified atom stereocenters. The van der Waals surface area contributed by atoms with Crippen LogP contribution in [-0.2, 0) is 11.3 Å². The summed E-state index contributed by atoms with van der Waals surface area (Å²) >= 11 is 0. The van der Waals surface area contributed by atoms with Crippen LogP contribution in [0.4, 0.5) is 11.5 Å². The van der Waals surface area contributed by atoms with Gasteiger partial charge < -0.3 is 5.32 Å². The quantitative estimate of drug-likeness (QED) is 0.291. The van der Waals surface area contributed by atoms with Crippen molar-refractivity contribution in [2.45, 2.75) is 6.54 Å². The van der Waals surface area contributed by atoms with Gasteiger partial charge in [-0.15, -0.1) is 0 Å². The lowest BCUT2D eigenvalue weighted by Gasteiger charge is -2.06. The Morgan fingerprint density at radius 1 is 1.07 bits per heavy atom. The lowest BCUT2D eigenvalue weighted by Crippen LogP contribution is -2.09. The lowest BCUT2D eigenvalue weighted by molar-refractivity contribution is -0.384.